The first kappa shape index (κ1) is 21.8. The fourth-order valence-electron chi connectivity index (χ4n) is 4.65. The highest BCUT2D eigenvalue weighted by atomic mass is 32.2. The molecule has 33 heavy (non-hydrogen) atoms. The van der Waals surface area contributed by atoms with Gasteiger partial charge in [0.05, 0.1) is 22.3 Å². The second kappa shape index (κ2) is 8.39. The normalized spacial score (nSPS) is 16.7. The van der Waals surface area contributed by atoms with Gasteiger partial charge >= 0.3 is 0 Å². The van der Waals surface area contributed by atoms with Crippen LogP contribution in [0.2, 0.25) is 0 Å². The molecule has 2 aliphatic rings. The minimum atomic E-state index is -3.52. The molecule has 2 aromatic carbocycles. The molecule has 1 aromatic heterocycles. The van der Waals surface area contributed by atoms with Crippen LogP contribution in [0.5, 0.6) is 0 Å². The predicted molar refractivity (Wildman–Crippen MR) is 123 cm³/mol. The molecule has 0 bridgehead atoms. The highest BCUT2D eigenvalue weighted by Gasteiger charge is 2.31. The van der Waals surface area contributed by atoms with Gasteiger partial charge in [0.1, 0.15) is 11.5 Å². The van der Waals surface area contributed by atoms with E-state index in [0.29, 0.717) is 43.0 Å². The molecule has 0 aliphatic carbocycles. The highest BCUT2D eigenvalue weighted by molar-refractivity contribution is 7.89. The van der Waals surface area contributed by atoms with Gasteiger partial charge in [-0.1, -0.05) is 12.1 Å². The quantitative estimate of drug-likeness (QED) is 0.585. The zero-order valence-electron chi connectivity index (χ0n) is 18.4. The van der Waals surface area contributed by atoms with E-state index in [9.17, 15) is 17.6 Å². The van der Waals surface area contributed by atoms with Crippen LogP contribution in [-0.2, 0) is 16.4 Å². The van der Waals surface area contributed by atoms with Crippen LogP contribution >= 0.6 is 0 Å². The molecule has 1 saturated heterocycles. The van der Waals surface area contributed by atoms with Gasteiger partial charge in [-0.3, -0.25) is 4.79 Å². The summed E-state index contributed by atoms with van der Waals surface area (Å²) in [6.07, 6.45) is 4.66. The number of amides is 1. The Hall–Kier alpha value is -3.04. The van der Waals surface area contributed by atoms with Crippen LogP contribution in [0, 0.1) is 12.7 Å². The van der Waals surface area contributed by atoms with E-state index >= 15 is 0 Å². The van der Waals surface area contributed by atoms with Crippen LogP contribution in [0.1, 0.15) is 40.9 Å². The maximum absolute atomic E-state index is 14.3. The van der Waals surface area contributed by atoms with Crippen LogP contribution in [0.3, 0.4) is 0 Å². The van der Waals surface area contributed by atoms with Gasteiger partial charge in [-0.2, -0.15) is 9.40 Å². The van der Waals surface area contributed by atoms with Crippen molar-refractivity contribution in [2.45, 2.75) is 37.5 Å². The van der Waals surface area contributed by atoms with Crippen LogP contribution in [0.15, 0.2) is 53.6 Å². The van der Waals surface area contributed by atoms with Gasteiger partial charge in [0.15, 0.2) is 0 Å². The number of aryl methyl sites for hydroxylation is 1. The van der Waals surface area contributed by atoms with Gasteiger partial charge in [0.2, 0.25) is 10.0 Å². The van der Waals surface area contributed by atoms with Gasteiger partial charge in [-0.25, -0.2) is 17.5 Å². The Kier molecular flexibility index (Phi) is 5.54. The van der Waals surface area contributed by atoms with Crippen LogP contribution in [-0.4, -0.2) is 48.0 Å². The van der Waals surface area contributed by atoms with E-state index in [1.165, 1.54) is 21.3 Å². The van der Waals surface area contributed by atoms with E-state index < -0.39 is 15.8 Å². The summed E-state index contributed by atoms with van der Waals surface area (Å²) in [5, 5.41) is 4.25. The molecule has 0 radical (unpaired) electrons. The maximum Gasteiger partial charge on any atom is 0.261 e. The number of para-hydroxylation sites is 1. The van der Waals surface area contributed by atoms with Crippen molar-refractivity contribution in [2.24, 2.45) is 0 Å². The Morgan fingerprint density at radius 1 is 1.00 bits per heavy atom. The average Bonchev–Trinajstić information content (AvgIpc) is 3.49. The molecule has 3 heterocycles. The number of carbonyl (C=O) groups is 1. The molecular formula is C24H25FN4O3S. The molecule has 0 atom stereocenters. The molecule has 0 saturated carbocycles. The van der Waals surface area contributed by atoms with E-state index in [2.05, 4.69) is 5.10 Å². The minimum Gasteiger partial charge on any atom is -0.308 e. The molecule has 7 nitrogen and oxygen atoms in total. The largest absolute Gasteiger partial charge is 0.308 e. The lowest BCUT2D eigenvalue weighted by Crippen LogP contribution is -2.36. The third-order valence-electron chi connectivity index (χ3n) is 6.44. The second-order valence-electron chi connectivity index (χ2n) is 8.47. The van der Waals surface area contributed by atoms with Gasteiger partial charge in [0, 0.05) is 25.3 Å². The number of rotatable bonds is 4. The highest BCUT2D eigenvalue weighted by Crippen LogP contribution is 2.32. The first-order chi connectivity index (χ1) is 15.9. The summed E-state index contributed by atoms with van der Waals surface area (Å²) in [6.45, 7) is 3.36. The molecule has 5 rings (SSSR count). The molecule has 172 valence electrons. The van der Waals surface area contributed by atoms with Crippen molar-refractivity contribution in [3.8, 4) is 5.69 Å². The number of fused-ring (bicyclic) bond motifs is 1. The first-order valence-corrected chi connectivity index (χ1v) is 12.6. The van der Waals surface area contributed by atoms with Crippen molar-refractivity contribution in [3.63, 3.8) is 0 Å². The summed E-state index contributed by atoms with van der Waals surface area (Å²) in [5.41, 5.74) is 2.77. The zero-order chi connectivity index (χ0) is 23.2. The van der Waals surface area contributed by atoms with Crippen molar-refractivity contribution in [1.29, 1.82) is 0 Å². The summed E-state index contributed by atoms with van der Waals surface area (Å²) in [4.78, 5) is 15.4. The molecule has 1 fully saturated rings. The molecular weight excluding hydrogens is 443 g/mol. The topological polar surface area (TPSA) is 75.5 Å². The minimum absolute atomic E-state index is 0.230. The number of sulfonamides is 1. The van der Waals surface area contributed by atoms with Crippen LogP contribution < -0.4 is 4.90 Å². The summed E-state index contributed by atoms with van der Waals surface area (Å²) < 4.78 is 43.2. The van der Waals surface area contributed by atoms with E-state index in [1.807, 2.05) is 0 Å². The number of nitrogens with zero attached hydrogens (tertiary/aromatic N) is 4. The SMILES string of the molecule is Cc1c(C(=O)N2CCCc3cc(S(=O)(=O)N4CCCC4)ccc32)cnn1-c1ccccc1F. The summed E-state index contributed by atoms with van der Waals surface area (Å²) in [5.74, 6) is -0.649. The monoisotopic (exact) mass is 468 g/mol. The third kappa shape index (κ3) is 3.75. The summed E-state index contributed by atoms with van der Waals surface area (Å²) in [6, 6.07) is 11.3. The molecule has 0 unspecified atom stereocenters. The Morgan fingerprint density at radius 3 is 2.52 bits per heavy atom. The lowest BCUT2D eigenvalue weighted by molar-refractivity contribution is 0.0984. The maximum atomic E-state index is 14.3. The number of hydrogen-bond acceptors (Lipinski definition) is 4. The fraction of sp³-hybridized carbons (Fsp3) is 0.333. The molecule has 9 heteroatoms. The number of carbonyl (C=O) groups excluding carboxylic acids is 1. The smallest absolute Gasteiger partial charge is 0.261 e. The number of halogens is 1. The van der Waals surface area contributed by atoms with Crippen molar-refractivity contribution >= 4 is 21.6 Å². The van der Waals surface area contributed by atoms with E-state index in [-0.39, 0.29) is 16.5 Å². The van der Waals surface area contributed by atoms with Crippen molar-refractivity contribution in [1.82, 2.24) is 14.1 Å². The lowest BCUT2D eigenvalue weighted by atomic mass is 10.0. The number of benzene rings is 2. The fourth-order valence-corrected chi connectivity index (χ4v) is 6.22. The standard InChI is InChI=1S/C24H25FN4O3S/c1-17-20(16-26-29(17)23-9-3-2-8-21(23)25)24(30)28-14-6-7-18-15-19(10-11-22(18)28)33(31,32)27-12-4-5-13-27/h2-3,8-11,15-16H,4-7,12-14H2,1H3. The number of anilines is 1. The Morgan fingerprint density at radius 2 is 1.76 bits per heavy atom. The third-order valence-corrected chi connectivity index (χ3v) is 8.33. The Labute approximate surface area is 192 Å². The Balaban J connectivity index is 1.47. The molecule has 2 aliphatic heterocycles. The average molecular weight is 469 g/mol. The van der Waals surface area contributed by atoms with E-state index in [1.54, 1.807) is 48.2 Å². The van der Waals surface area contributed by atoms with Crippen molar-refractivity contribution in [3.05, 3.63) is 71.3 Å². The van der Waals surface area contributed by atoms with Gasteiger partial charge in [-0.15, -0.1) is 0 Å². The predicted octanol–water partition coefficient (Wildman–Crippen LogP) is 3.70. The van der Waals surface area contributed by atoms with Crippen molar-refractivity contribution in [2.75, 3.05) is 24.5 Å². The second-order valence-corrected chi connectivity index (χ2v) is 10.4. The lowest BCUT2D eigenvalue weighted by Gasteiger charge is -2.30. The van der Waals surface area contributed by atoms with Gasteiger partial charge in [0.25, 0.3) is 5.91 Å². The van der Waals surface area contributed by atoms with Gasteiger partial charge < -0.3 is 4.90 Å². The zero-order valence-corrected chi connectivity index (χ0v) is 19.2. The molecule has 1 amide bonds. The van der Waals surface area contributed by atoms with Crippen LogP contribution in [0.25, 0.3) is 5.69 Å². The molecule has 0 spiro atoms. The number of aromatic nitrogens is 2. The first-order valence-electron chi connectivity index (χ1n) is 11.1. The molecule has 3 aromatic rings. The van der Waals surface area contributed by atoms with E-state index in [4.69, 9.17) is 0 Å². The Bertz CT molecular complexity index is 1330. The van der Waals surface area contributed by atoms with E-state index in [0.717, 1.165) is 24.8 Å². The summed E-state index contributed by atoms with van der Waals surface area (Å²) >= 11 is 0. The number of hydrogen-bond donors (Lipinski definition) is 0. The van der Waals surface area contributed by atoms with Gasteiger partial charge in [-0.05, 0) is 68.5 Å². The molecule has 0 N–H and O–H groups in total. The summed E-state index contributed by atoms with van der Waals surface area (Å²) in [7, 11) is -3.52. The van der Waals surface area contributed by atoms with Crippen LogP contribution in [0.4, 0.5) is 10.1 Å². The van der Waals surface area contributed by atoms with Crippen molar-refractivity contribution < 1.29 is 17.6 Å².